The van der Waals surface area contributed by atoms with Crippen LogP contribution in [-0.4, -0.2) is 25.2 Å². The van der Waals surface area contributed by atoms with E-state index < -0.39 is 0 Å². The Morgan fingerprint density at radius 2 is 2.29 bits per heavy atom. The van der Waals surface area contributed by atoms with E-state index in [0.29, 0.717) is 12.1 Å². The lowest BCUT2D eigenvalue weighted by Gasteiger charge is -2.27. The highest BCUT2D eigenvalue weighted by Gasteiger charge is 2.16. The SMILES string of the molecule is CCCOc1ccc(Cl)cc1NC(C)CC1CCCCN1. The molecular weight excluding hydrogens is 284 g/mol. The number of halogens is 1. The first-order chi connectivity index (χ1) is 10.2. The van der Waals surface area contributed by atoms with Crippen LogP contribution in [0.4, 0.5) is 5.69 Å². The van der Waals surface area contributed by atoms with Crippen molar-refractivity contribution in [2.75, 3.05) is 18.5 Å². The van der Waals surface area contributed by atoms with Gasteiger partial charge in [0.2, 0.25) is 0 Å². The minimum absolute atomic E-state index is 0.392. The summed E-state index contributed by atoms with van der Waals surface area (Å²) in [7, 11) is 0. The highest BCUT2D eigenvalue weighted by molar-refractivity contribution is 6.30. The molecule has 1 aromatic rings. The molecule has 1 saturated heterocycles. The number of hydrogen-bond acceptors (Lipinski definition) is 3. The lowest BCUT2D eigenvalue weighted by atomic mass is 9.98. The molecule has 0 radical (unpaired) electrons. The standard InChI is InChI=1S/C17H27ClN2O/c1-3-10-21-17-8-7-14(18)12-16(17)20-13(2)11-15-6-4-5-9-19-15/h7-8,12-13,15,19-20H,3-6,9-11H2,1-2H3. The Balaban J connectivity index is 1.94. The van der Waals surface area contributed by atoms with Crippen LogP contribution in [0.25, 0.3) is 0 Å². The average Bonchev–Trinajstić information content (AvgIpc) is 2.47. The van der Waals surface area contributed by atoms with Crippen molar-refractivity contribution in [1.82, 2.24) is 5.32 Å². The van der Waals surface area contributed by atoms with Crippen molar-refractivity contribution in [3.05, 3.63) is 23.2 Å². The van der Waals surface area contributed by atoms with E-state index in [1.165, 1.54) is 19.3 Å². The van der Waals surface area contributed by atoms with Crippen LogP contribution in [0.3, 0.4) is 0 Å². The fourth-order valence-corrected chi connectivity index (χ4v) is 3.00. The minimum Gasteiger partial charge on any atom is -0.491 e. The third-order valence-corrected chi connectivity index (χ3v) is 4.09. The lowest BCUT2D eigenvalue weighted by Crippen LogP contribution is -2.37. The number of anilines is 1. The van der Waals surface area contributed by atoms with Crippen molar-refractivity contribution in [3.8, 4) is 5.75 Å². The number of benzene rings is 1. The molecule has 3 nitrogen and oxygen atoms in total. The fraction of sp³-hybridized carbons (Fsp3) is 0.647. The van der Waals surface area contributed by atoms with E-state index in [4.69, 9.17) is 16.3 Å². The van der Waals surface area contributed by atoms with Gasteiger partial charge in [-0.15, -0.1) is 0 Å². The van der Waals surface area contributed by atoms with Crippen molar-refractivity contribution in [3.63, 3.8) is 0 Å². The summed E-state index contributed by atoms with van der Waals surface area (Å²) in [6.07, 6.45) is 6.05. The molecule has 1 fully saturated rings. The molecule has 0 bridgehead atoms. The van der Waals surface area contributed by atoms with Crippen LogP contribution in [0.5, 0.6) is 5.75 Å². The van der Waals surface area contributed by atoms with E-state index in [-0.39, 0.29) is 0 Å². The number of ether oxygens (including phenoxy) is 1. The molecular formula is C17H27ClN2O. The molecule has 0 spiro atoms. The topological polar surface area (TPSA) is 33.3 Å². The summed E-state index contributed by atoms with van der Waals surface area (Å²) in [5.41, 5.74) is 0.999. The zero-order valence-corrected chi connectivity index (χ0v) is 13.9. The summed E-state index contributed by atoms with van der Waals surface area (Å²) < 4.78 is 5.80. The van der Waals surface area contributed by atoms with Gasteiger partial charge in [0.05, 0.1) is 12.3 Å². The molecule has 0 amide bonds. The first kappa shape index (κ1) is 16.4. The summed E-state index contributed by atoms with van der Waals surface area (Å²) in [5, 5.41) is 7.90. The molecule has 2 N–H and O–H groups in total. The van der Waals surface area contributed by atoms with Gasteiger partial charge in [0.25, 0.3) is 0 Å². The molecule has 118 valence electrons. The van der Waals surface area contributed by atoms with Gasteiger partial charge < -0.3 is 15.4 Å². The average molecular weight is 311 g/mol. The first-order valence-electron chi connectivity index (χ1n) is 8.11. The molecule has 2 rings (SSSR count). The zero-order chi connectivity index (χ0) is 15.1. The highest BCUT2D eigenvalue weighted by Crippen LogP contribution is 2.29. The Bertz CT molecular complexity index is 433. The second kappa shape index (κ2) is 8.50. The maximum absolute atomic E-state index is 6.12. The predicted octanol–water partition coefficient (Wildman–Crippen LogP) is 4.46. The van der Waals surface area contributed by atoms with Crippen molar-refractivity contribution in [2.24, 2.45) is 0 Å². The fourth-order valence-electron chi connectivity index (χ4n) is 2.83. The molecule has 1 aromatic carbocycles. The third kappa shape index (κ3) is 5.40. The van der Waals surface area contributed by atoms with E-state index in [2.05, 4.69) is 24.5 Å². The van der Waals surface area contributed by atoms with Gasteiger partial charge in [-0.2, -0.15) is 0 Å². The van der Waals surface area contributed by atoms with Gasteiger partial charge in [-0.25, -0.2) is 0 Å². The summed E-state index contributed by atoms with van der Waals surface area (Å²) in [6, 6.07) is 6.80. The number of nitrogens with one attached hydrogen (secondary N) is 2. The maximum atomic E-state index is 6.12. The first-order valence-corrected chi connectivity index (χ1v) is 8.49. The molecule has 1 heterocycles. The quantitative estimate of drug-likeness (QED) is 0.780. The zero-order valence-electron chi connectivity index (χ0n) is 13.1. The van der Waals surface area contributed by atoms with Crippen LogP contribution in [0.2, 0.25) is 5.02 Å². The second-order valence-electron chi connectivity index (χ2n) is 5.92. The summed E-state index contributed by atoms with van der Waals surface area (Å²) in [5.74, 6) is 0.893. The molecule has 4 heteroatoms. The van der Waals surface area contributed by atoms with Crippen molar-refractivity contribution < 1.29 is 4.74 Å². The molecule has 0 aromatic heterocycles. The maximum Gasteiger partial charge on any atom is 0.142 e. The summed E-state index contributed by atoms with van der Waals surface area (Å²) in [6.45, 7) is 6.22. The molecule has 2 unspecified atom stereocenters. The number of rotatable bonds is 7. The summed E-state index contributed by atoms with van der Waals surface area (Å²) in [4.78, 5) is 0. The van der Waals surface area contributed by atoms with Gasteiger partial charge in [-0.3, -0.25) is 0 Å². The molecule has 0 saturated carbocycles. The molecule has 0 aliphatic carbocycles. The van der Waals surface area contributed by atoms with E-state index >= 15 is 0 Å². The molecule has 21 heavy (non-hydrogen) atoms. The van der Waals surface area contributed by atoms with Gasteiger partial charge in [-0.05, 0) is 57.4 Å². The summed E-state index contributed by atoms with van der Waals surface area (Å²) >= 11 is 6.12. The molecule has 1 aliphatic heterocycles. The van der Waals surface area contributed by atoms with E-state index in [1.54, 1.807) is 0 Å². The largest absolute Gasteiger partial charge is 0.491 e. The predicted molar refractivity (Wildman–Crippen MR) is 90.6 cm³/mol. The van der Waals surface area contributed by atoms with Crippen molar-refractivity contribution in [2.45, 2.75) is 58.0 Å². The lowest BCUT2D eigenvalue weighted by molar-refractivity contribution is 0.318. The Kier molecular flexibility index (Phi) is 6.65. The van der Waals surface area contributed by atoms with E-state index in [0.717, 1.165) is 42.5 Å². The van der Waals surface area contributed by atoms with Crippen molar-refractivity contribution >= 4 is 17.3 Å². The normalized spacial score (nSPS) is 20.0. The Morgan fingerprint density at radius 1 is 1.43 bits per heavy atom. The second-order valence-corrected chi connectivity index (χ2v) is 6.35. The smallest absolute Gasteiger partial charge is 0.142 e. The minimum atomic E-state index is 0.392. The third-order valence-electron chi connectivity index (χ3n) is 3.86. The van der Waals surface area contributed by atoms with E-state index in [1.807, 2.05) is 18.2 Å². The van der Waals surface area contributed by atoms with Gasteiger partial charge in [0.1, 0.15) is 5.75 Å². The van der Waals surface area contributed by atoms with Crippen LogP contribution in [0, 0.1) is 0 Å². The van der Waals surface area contributed by atoms with Crippen LogP contribution in [0.15, 0.2) is 18.2 Å². The van der Waals surface area contributed by atoms with E-state index in [9.17, 15) is 0 Å². The van der Waals surface area contributed by atoms with Crippen molar-refractivity contribution in [1.29, 1.82) is 0 Å². The van der Waals surface area contributed by atoms with Crippen LogP contribution in [0.1, 0.15) is 46.0 Å². The van der Waals surface area contributed by atoms with Crippen LogP contribution >= 0.6 is 11.6 Å². The van der Waals surface area contributed by atoms with Gasteiger partial charge >= 0.3 is 0 Å². The molecule has 2 atom stereocenters. The number of piperidine rings is 1. The highest BCUT2D eigenvalue weighted by atomic mass is 35.5. The van der Waals surface area contributed by atoms with Gasteiger partial charge in [0.15, 0.2) is 0 Å². The van der Waals surface area contributed by atoms with Gasteiger partial charge in [-0.1, -0.05) is 24.9 Å². The monoisotopic (exact) mass is 310 g/mol. The number of hydrogen-bond donors (Lipinski definition) is 2. The Morgan fingerprint density at radius 3 is 3.00 bits per heavy atom. The van der Waals surface area contributed by atoms with Crippen LogP contribution < -0.4 is 15.4 Å². The van der Waals surface area contributed by atoms with Crippen LogP contribution in [-0.2, 0) is 0 Å². The molecule has 1 aliphatic rings. The van der Waals surface area contributed by atoms with Gasteiger partial charge in [0, 0.05) is 17.1 Å². The Hall–Kier alpha value is -0.930. The Labute approximate surface area is 133 Å².